The van der Waals surface area contributed by atoms with Crippen LogP contribution < -0.4 is 0 Å². The maximum atomic E-state index is 12.9. The number of aliphatic hydroxyl groups excluding tert-OH is 1. The van der Waals surface area contributed by atoms with Gasteiger partial charge in [0.25, 0.3) is 11.7 Å². The van der Waals surface area contributed by atoms with E-state index in [1.165, 1.54) is 4.90 Å². The second-order valence-corrected chi connectivity index (χ2v) is 6.80. The molecule has 1 aliphatic rings. The van der Waals surface area contributed by atoms with E-state index in [0.717, 1.165) is 0 Å². The molecule has 7 nitrogen and oxygen atoms in total. The largest absolute Gasteiger partial charge is 0.507 e. The molecule has 0 aliphatic carbocycles. The van der Waals surface area contributed by atoms with Crippen LogP contribution in [0.5, 0.6) is 0 Å². The zero-order chi connectivity index (χ0) is 20.2. The summed E-state index contributed by atoms with van der Waals surface area (Å²) in [5, 5.41) is 10.9. The van der Waals surface area contributed by atoms with Crippen molar-refractivity contribution >= 4 is 17.4 Å². The van der Waals surface area contributed by atoms with Crippen molar-refractivity contribution in [2.75, 3.05) is 6.54 Å². The minimum Gasteiger partial charge on any atom is -0.507 e. The Hall–Kier alpha value is -3.74. The lowest BCUT2D eigenvalue weighted by atomic mass is 9.96. The van der Waals surface area contributed by atoms with Crippen molar-refractivity contribution < 1.29 is 14.7 Å². The number of Topliss-reactive ketones (excluding diaryl/α,β-unsaturated/α-hetero) is 1. The van der Waals surface area contributed by atoms with Gasteiger partial charge in [-0.3, -0.25) is 14.6 Å². The molecule has 1 N–H and O–H groups in total. The van der Waals surface area contributed by atoms with Gasteiger partial charge >= 0.3 is 0 Å². The summed E-state index contributed by atoms with van der Waals surface area (Å²) in [5.41, 5.74) is 1.28. The third-order valence-electron chi connectivity index (χ3n) is 4.96. The number of benzene rings is 1. The first-order valence-electron chi connectivity index (χ1n) is 9.36. The van der Waals surface area contributed by atoms with Gasteiger partial charge < -0.3 is 14.6 Å². The SMILES string of the molecule is O=C1C(=O)N(CCCn2ccnc2)[C@H](c2cccnc2)C1=C(O)c1ccccc1. The van der Waals surface area contributed by atoms with E-state index in [4.69, 9.17) is 0 Å². The number of likely N-dealkylation sites (tertiary alicyclic amines) is 1. The summed E-state index contributed by atoms with van der Waals surface area (Å²) < 4.78 is 1.92. The number of aryl methyl sites for hydroxylation is 1. The Bertz CT molecular complexity index is 1030. The number of imidazole rings is 1. The Kier molecular flexibility index (Phi) is 5.20. The van der Waals surface area contributed by atoms with E-state index in [1.54, 1.807) is 55.2 Å². The number of pyridine rings is 1. The molecule has 0 bridgehead atoms. The van der Waals surface area contributed by atoms with Gasteiger partial charge in [0.15, 0.2) is 0 Å². The van der Waals surface area contributed by atoms with Gasteiger partial charge in [0.2, 0.25) is 0 Å². The number of hydrogen-bond donors (Lipinski definition) is 1. The predicted octanol–water partition coefficient (Wildman–Crippen LogP) is 2.79. The van der Waals surface area contributed by atoms with Crippen molar-refractivity contribution in [3.63, 3.8) is 0 Å². The van der Waals surface area contributed by atoms with Crippen LogP contribution in [0, 0.1) is 0 Å². The van der Waals surface area contributed by atoms with Crippen LogP contribution in [0.4, 0.5) is 0 Å². The summed E-state index contributed by atoms with van der Waals surface area (Å²) in [6.07, 6.45) is 9.15. The summed E-state index contributed by atoms with van der Waals surface area (Å²) in [5.74, 6) is -1.46. The molecule has 1 fully saturated rings. The highest BCUT2D eigenvalue weighted by Gasteiger charge is 2.45. The molecule has 1 amide bonds. The Morgan fingerprint density at radius 2 is 1.83 bits per heavy atom. The zero-order valence-corrected chi connectivity index (χ0v) is 15.7. The highest BCUT2D eigenvalue weighted by atomic mass is 16.3. The number of aliphatic hydroxyl groups is 1. The highest BCUT2D eigenvalue weighted by Crippen LogP contribution is 2.39. The summed E-state index contributed by atoms with van der Waals surface area (Å²) in [6, 6.07) is 11.7. The maximum Gasteiger partial charge on any atom is 0.295 e. The van der Waals surface area contributed by atoms with Gasteiger partial charge in [-0.2, -0.15) is 0 Å². The standard InChI is InChI=1S/C22H20N4O3/c27-20(16-6-2-1-3-7-16)18-19(17-8-4-9-23-14-17)26(22(29)21(18)28)12-5-11-25-13-10-24-15-25/h1-4,6-10,13-15,19,27H,5,11-12H2/t19-/m1/s1. The summed E-state index contributed by atoms with van der Waals surface area (Å²) in [7, 11) is 0. The van der Waals surface area contributed by atoms with E-state index in [-0.39, 0.29) is 11.3 Å². The maximum absolute atomic E-state index is 12.9. The van der Waals surface area contributed by atoms with Crippen LogP contribution in [0.3, 0.4) is 0 Å². The molecule has 3 aromatic rings. The average molecular weight is 388 g/mol. The van der Waals surface area contributed by atoms with Gasteiger partial charge in [0.05, 0.1) is 17.9 Å². The molecule has 7 heteroatoms. The normalized spacial score (nSPS) is 18.3. The lowest BCUT2D eigenvalue weighted by Crippen LogP contribution is -2.31. The van der Waals surface area contributed by atoms with Crippen LogP contribution in [0.15, 0.2) is 79.2 Å². The molecule has 1 atom stereocenters. The third kappa shape index (κ3) is 3.67. The molecule has 2 aromatic heterocycles. The molecule has 29 heavy (non-hydrogen) atoms. The smallest absolute Gasteiger partial charge is 0.295 e. The summed E-state index contributed by atoms with van der Waals surface area (Å²) in [6.45, 7) is 1.04. The third-order valence-corrected chi connectivity index (χ3v) is 4.96. The molecule has 3 heterocycles. The Balaban J connectivity index is 1.70. The number of nitrogens with zero attached hydrogens (tertiary/aromatic N) is 4. The van der Waals surface area contributed by atoms with Crippen LogP contribution in [0.2, 0.25) is 0 Å². The number of ketones is 1. The second-order valence-electron chi connectivity index (χ2n) is 6.80. The minimum absolute atomic E-state index is 0.0943. The first-order valence-corrected chi connectivity index (χ1v) is 9.36. The second kappa shape index (κ2) is 8.10. The van der Waals surface area contributed by atoms with E-state index in [2.05, 4.69) is 9.97 Å². The van der Waals surface area contributed by atoms with E-state index < -0.39 is 17.7 Å². The fraction of sp³-hybridized carbons (Fsp3) is 0.182. The lowest BCUT2D eigenvalue weighted by Gasteiger charge is -2.25. The fourth-order valence-electron chi connectivity index (χ4n) is 3.59. The fourth-order valence-corrected chi connectivity index (χ4v) is 3.59. The van der Waals surface area contributed by atoms with Crippen LogP contribution in [-0.4, -0.2) is 42.8 Å². The number of rotatable bonds is 6. The molecular weight excluding hydrogens is 368 g/mol. The molecule has 0 spiro atoms. The van der Waals surface area contributed by atoms with Crippen LogP contribution in [0.1, 0.15) is 23.6 Å². The van der Waals surface area contributed by atoms with Crippen LogP contribution >= 0.6 is 0 Å². The molecule has 1 aromatic carbocycles. The van der Waals surface area contributed by atoms with Gasteiger partial charge in [-0.15, -0.1) is 0 Å². The van der Waals surface area contributed by atoms with Gasteiger partial charge in [-0.1, -0.05) is 36.4 Å². The minimum atomic E-state index is -0.678. The van der Waals surface area contributed by atoms with Gasteiger partial charge in [0.1, 0.15) is 5.76 Å². The van der Waals surface area contributed by atoms with Crippen LogP contribution in [-0.2, 0) is 16.1 Å². The Labute approximate surface area is 168 Å². The quantitative estimate of drug-likeness (QED) is 0.399. The van der Waals surface area contributed by atoms with E-state index in [0.29, 0.717) is 30.6 Å². The number of carbonyl (C=O) groups excluding carboxylic acids is 2. The predicted molar refractivity (Wildman–Crippen MR) is 107 cm³/mol. The van der Waals surface area contributed by atoms with Crippen molar-refractivity contribution in [2.24, 2.45) is 0 Å². The van der Waals surface area contributed by atoms with Gasteiger partial charge in [-0.25, -0.2) is 4.98 Å². The zero-order valence-electron chi connectivity index (χ0n) is 15.7. The molecule has 0 saturated carbocycles. The van der Waals surface area contributed by atoms with E-state index in [1.807, 2.05) is 22.9 Å². The van der Waals surface area contributed by atoms with E-state index >= 15 is 0 Å². The molecule has 0 radical (unpaired) electrons. The summed E-state index contributed by atoms with van der Waals surface area (Å²) >= 11 is 0. The Morgan fingerprint density at radius 1 is 1.00 bits per heavy atom. The van der Waals surface area contributed by atoms with Crippen LogP contribution in [0.25, 0.3) is 5.76 Å². The molecule has 146 valence electrons. The first kappa shape index (κ1) is 18.6. The summed E-state index contributed by atoms with van der Waals surface area (Å²) in [4.78, 5) is 35.3. The van der Waals surface area contributed by atoms with E-state index in [9.17, 15) is 14.7 Å². The topological polar surface area (TPSA) is 88.3 Å². The number of carbonyl (C=O) groups is 2. The van der Waals surface area contributed by atoms with Crippen molar-refractivity contribution in [1.29, 1.82) is 0 Å². The van der Waals surface area contributed by atoms with Gasteiger partial charge in [-0.05, 0) is 18.1 Å². The molecule has 4 rings (SSSR count). The van der Waals surface area contributed by atoms with Crippen molar-refractivity contribution in [1.82, 2.24) is 19.4 Å². The molecule has 1 saturated heterocycles. The highest BCUT2D eigenvalue weighted by molar-refractivity contribution is 6.46. The van der Waals surface area contributed by atoms with Crippen molar-refractivity contribution in [3.8, 4) is 0 Å². The number of aromatic nitrogens is 3. The molecular formula is C22H20N4O3. The lowest BCUT2D eigenvalue weighted by molar-refractivity contribution is -0.139. The Morgan fingerprint density at radius 3 is 2.52 bits per heavy atom. The number of amides is 1. The monoisotopic (exact) mass is 388 g/mol. The average Bonchev–Trinajstić information content (AvgIpc) is 3.37. The molecule has 0 unspecified atom stereocenters. The first-order chi connectivity index (χ1) is 14.2. The van der Waals surface area contributed by atoms with Gasteiger partial charge in [0, 0.05) is 43.4 Å². The number of hydrogen-bond acceptors (Lipinski definition) is 5. The van der Waals surface area contributed by atoms with Crippen molar-refractivity contribution in [2.45, 2.75) is 19.0 Å². The molecule has 1 aliphatic heterocycles. The van der Waals surface area contributed by atoms with Crippen molar-refractivity contribution in [3.05, 3.63) is 90.3 Å².